The van der Waals surface area contributed by atoms with Crippen LogP contribution in [0, 0.1) is 5.92 Å². The van der Waals surface area contributed by atoms with E-state index in [0.717, 1.165) is 43.1 Å². The summed E-state index contributed by atoms with van der Waals surface area (Å²) in [7, 11) is 1.59. The lowest BCUT2D eigenvalue weighted by Gasteiger charge is -2.29. The molecule has 1 fully saturated rings. The first-order chi connectivity index (χ1) is 17.1. The minimum Gasteiger partial charge on any atom is -0.492 e. The van der Waals surface area contributed by atoms with Gasteiger partial charge in [-0.1, -0.05) is 0 Å². The Kier molecular flexibility index (Phi) is 6.60. The minimum atomic E-state index is -0.279. The normalized spacial score (nSPS) is 19.3. The maximum atomic E-state index is 12.7. The van der Waals surface area contributed by atoms with E-state index in [-0.39, 0.29) is 36.0 Å². The van der Waals surface area contributed by atoms with Gasteiger partial charge in [-0.05, 0) is 56.2 Å². The fraction of sp³-hybridized carbons (Fsp3) is 0.400. The number of hydrogen-bond acceptors (Lipinski definition) is 8. The second-order valence-corrected chi connectivity index (χ2v) is 8.77. The fourth-order valence-corrected chi connectivity index (χ4v) is 4.45. The van der Waals surface area contributed by atoms with E-state index in [1.807, 2.05) is 12.1 Å². The molecule has 2 N–H and O–H groups in total. The van der Waals surface area contributed by atoms with Crippen molar-refractivity contribution in [1.29, 1.82) is 0 Å². The number of aromatic nitrogens is 3. The van der Waals surface area contributed by atoms with Crippen LogP contribution in [0.3, 0.4) is 0 Å². The Hall–Kier alpha value is -3.95. The molecule has 0 atom stereocenters. The fourth-order valence-electron chi connectivity index (χ4n) is 4.45. The number of anilines is 1. The van der Waals surface area contributed by atoms with Gasteiger partial charge in [-0.3, -0.25) is 14.6 Å². The molecular weight excluding hydrogens is 450 g/mol. The number of ether oxygens (including phenoxy) is 3. The highest BCUT2D eigenvalue weighted by molar-refractivity contribution is 5.97. The van der Waals surface area contributed by atoms with Gasteiger partial charge in [0.1, 0.15) is 11.4 Å². The average molecular weight is 478 g/mol. The predicted octanol–water partition coefficient (Wildman–Crippen LogP) is 3.12. The van der Waals surface area contributed by atoms with Crippen LogP contribution in [-0.4, -0.2) is 53.1 Å². The van der Waals surface area contributed by atoms with Gasteiger partial charge in [0.05, 0.1) is 30.9 Å². The largest absolute Gasteiger partial charge is 0.492 e. The molecule has 0 aromatic carbocycles. The highest BCUT2D eigenvalue weighted by Gasteiger charge is 2.24. The molecule has 4 heterocycles. The molecule has 0 bridgehead atoms. The molecule has 1 saturated carbocycles. The molecule has 35 heavy (non-hydrogen) atoms. The first-order valence-electron chi connectivity index (χ1n) is 11.8. The zero-order chi connectivity index (χ0) is 24.2. The maximum absolute atomic E-state index is 12.7. The molecule has 2 aliphatic rings. The van der Waals surface area contributed by atoms with Gasteiger partial charge in [0, 0.05) is 18.2 Å². The maximum Gasteiger partial charge on any atom is 0.270 e. The minimum absolute atomic E-state index is 0.0416. The van der Waals surface area contributed by atoms with E-state index in [1.54, 1.807) is 31.5 Å². The van der Waals surface area contributed by atoms with Gasteiger partial charge in [0.25, 0.3) is 11.8 Å². The summed E-state index contributed by atoms with van der Waals surface area (Å²) in [6, 6.07) is 8.91. The Bertz CT molecular complexity index is 1240. The van der Waals surface area contributed by atoms with E-state index < -0.39 is 0 Å². The Balaban J connectivity index is 1.07. The lowest BCUT2D eigenvalue weighted by atomic mass is 9.84. The number of hydrogen-bond donors (Lipinski definition) is 2. The zero-order valence-corrected chi connectivity index (χ0v) is 19.5. The summed E-state index contributed by atoms with van der Waals surface area (Å²) in [6.07, 6.45) is 6.51. The summed E-state index contributed by atoms with van der Waals surface area (Å²) in [6.45, 7) is 0.561. The van der Waals surface area contributed by atoms with Gasteiger partial charge in [-0.25, -0.2) is 9.97 Å². The molecule has 10 heteroatoms. The number of methoxy groups -OCH3 is 1. The molecule has 3 aromatic rings. The van der Waals surface area contributed by atoms with Crippen LogP contribution in [0.25, 0.3) is 11.0 Å². The highest BCUT2D eigenvalue weighted by Crippen LogP contribution is 2.29. The summed E-state index contributed by atoms with van der Waals surface area (Å²) < 4.78 is 16.4. The van der Waals surface area contributed by atoms with Crippen LogP contribution < -0.4 is 24.8 Å². The quantitative estimate of drug-likeness (QED) is 0.532. The monoisotopic (exact) mass is 477 g/mol. The Morgan fingerprint density at radius 3 is 2.83 bits per heavy atom. The molecule has 1 aliphatic heterocycles. The molecule has 0 radical (unpaired) electrons. The van der Waals surface area contributed by atoms with Crippen molar-refractivity contribution in [3.8, 4) is 17.4 Å². The zero-order valence-electron chi connectivity index (χ0n) is 19.5. The van der Waals surface area contributed by atoms with Gasteiger partial charge in [0.2, 0.25) is 5.88 Å². The van der Waals surface area contributed by atoms with E-state index in [0.29, 0.717) is 29.9 Å². The average Bonchev–Trinajstić information content (AvgIpc) is 2.88. The molecule has 3 aromatic heterocycles. The number of pyridine rings is 3. The van der Waals surface area contributed by atoms with Gasteiger partial charge in [-0.15, -0.1) is 0 Å². The number of fused-ring (bicyclic) bond motifs is 2. The molecular formula is C25H27N5O5. The molecule has 182 valence electrons. The first-order valence-corrected chi connectivity index (χ1v) is 11.8. The number of carbonyl (C=O) groups is 2. The molecule has 2 amide bonds. The van der Waals surface area contributed by atoms with E-state index in [4.69, 9.17) is 14.2 Å². The Morgan fingerprint density at radius 2 is 2.00 bits per heavy atom. The number of rotatable bonds is 7. The van der Waals surface area contributed by atoms with Crippen LogP contribution in [0.2, 0.25) is 0 Å². The van der Waals surface area contributed by atoms with Crippen molar-refractivity contribution in [2.24, 2.45) is 5.92 Å². The van der Waals surface area contributed by atoms with E-state index in [9.17, 15) is 9.59 Å². The highest BCUT2D eigenvalue weighted by atomic mass is 16.5. The van der Waals surface area contributed by atoms with Crippen LogP contribution in [-0.2, 0) is 4.79 Å². The van der Waals surface area contributed by atoms with Crippen molar-refractivity contribution in [3.05, 3.63) is 42.2 Å². The Labute approximate surface area is 202 Å². The summed E-state index contributed by atoms with van der Waals surface area (Å²) >= 11 is 0. The number of amides is 2. The standard InChI is InChI=1S/C25H27N5O5/c1-33-23-9-7-18-20(28-23)12-17(13-26-18)34-11-10-15-2-4-16(5-3-15)27-25(32)19-6-8-21-24(29-19)30-22(31)14-35-21/h6-9,12-13,15-16H,2-5,10-11,14H2,1H3,(H,27,32)(H,29,30,31). The van der Waals surface area contributed by atoms with Crippen LogP contribution in [0.15, 0.2) is 36.5 Å². The van der Waals surface area contributed by atoms with Crippen molar-refractivity contribution >= 4 is 28.7 Å². The van der Waals surface area contributed by atoms with Crippen molar-refractivity contribution in [3.63, 3.8) is 0 Å². The number of carbonyl (C=O) groups excluding carboxylic acids is 2. The lowest BCUT2D eigenvalue weighted by Crippen LogP contribution is -2.38. The summed E-state index contributed by atoms with van der Waals surface area (Å²) in [5.74, 6) is 2.02. The third-order valence-electron chi connectivity index (χ3n) is 6.38. The molecule has 5 rings (SSSR count). The number of nitrogens with one attached hydrogen (secondary N) is 2. The lowest BCUT2D eigenvalue weighted by molar-refractivity contribution is -0.118. The number of nitrogens with zero attached hydrogens (tertiary/aromatic N) is 3. The predicted molar refractivity (Wildman–Crippen MR) is 128 cm³/mol. The van der Waals surface area contributed by atoms with Crippen LogP contribution in [0.5, 0.6) is 17.4 Å². The summed E-state index contributed by atoms with van der Waals surface area (Å²) in [4.78, 5) is 37.2. The topological polar surface area (TPSA) is 125 Å². The van der Waals surface area contributed by atoms with E-state index in [1.165, 1.54) is 0 Å². The third-order valence-corrected chi connectivity index (χ3v) is 6.38. The smallest absolute Gasteiger partial charge is 0.270 e. The van der Waals surface area contributed by atoms with Crippen LogP contribution >= 0.6 is 0 Å². The van der Waals surface area contributed by atoms with Crippen LogP contribution in [0.4, 0.5) is 5.82 Å². The van der Waals surface area contributed by atoms with Gasteiger partial charge < -0.3 is 24.8 Å². The van der Waals surface area contributed by atoms with E-state index in [2.05, 4.69) is 25.6 Å². The molecule has 1 aliphatic carbocycles. The van der Waals surface area contributed by atoms with Crippen molar-refractivity contribution in [2.75, 3.05) is 25.6 Å². The van der Waals surface area contributed by atoms with Gasteiger partial charge in [0.15, 0.2) is 18.2 Å². The Morgan fingerprint density at radius 1 is 1.14 bits per heavy atom. The van der Waals surface area contributed by atoms with Gasteiger partial charge >= 0.3 is 0 Å². The molecule has 0 unspecified atom stereocenters. The summed E-state index contributed by atoms with van der Waals surface area (Å²) in [5.41, 5.74) is 1.80. The second kappa shape index (κ2) is 10.1. The summed E-state index contributed by atoms with van der Waals surface area (Å²) in [5, 5.41) is 5.70. The van der Waals surface area contributed by atoms with Crippen molar-refractivity contribution in [2.45, 2.75) is 38.1 Å². The van der Waals surface area contributed by atoms with Crippen LogP contribution in [0.1, 0.15) is 42.6 Å². The van der Waals surface area contributed by atoms with Crippen molar-refractivity contribution < 1.29 is 23.8 Å². The first kappa shape index (κ1) is 22.8. The van der Waals surface area contributed by atoms with E-state index >= 15 is 0 Å². The molecule has 0 saturated heterocycles. The molecule has 10 nitrogen and oxygen atoms in total. The molecule has 0 spiro atoms. The SMILES string of the molecule is COc1ccc2ncc(OCCC3CCC(NC(=O)c4ccc5c(n4)NC(=O)CO5)CC3)cc2n1. The second-order valence-electron chi connectivity index (χ2n) is 8.77. The van der Waals surface area contributed by atoms with Crippen molar-refractivity contribution in [1.82, 2.24) is 20.3 Å². The van der Waals surface area contributed by atoms with Gasteiger partial charge in [-0.2, -0.15) is 0 Å². The third kappa shape index (κ3) is 5.42.